The summed E-state index contributed by atoms with van der Waals surface area (Å²) >= 11 is 0. The maximum absolute atomic E-state index is 12.9. The van der Waals surface area contributed by atoms with Crippen LogP contribution in [-0.4, -0.2) is 41.3 Å². The summed E-state index contributed by atoms with van der Waals surface area (Å²) in [7, 11) is 0. The van der Waals surface area contributed by atoms with Crippen molar-refractivity contribution in [3.8, 4) is 0 Å². The van der Waals surface area contributed by atoms with Gasteiger partial charge in [0.15, 0.2) is 5.78 Å². The van der Waals surface area contributed by atoms with E-state index < -0.39 is 11.5 Å². The number of hydrogen-bond acceptors (Lipinski definition) is 3. The van der Waals surface area contributed by atoms with Crippen molar-refractivity contribution in [3.05, 3.63) is 48.6 Å². The van der Waals surface area contributed by atoms with Crippen LogP contribution in [0.5, 0.6) is 0 Å². The average molecular weight is 344 g/mol. The highest BCUT2D eigenvalue weighted by Gasteiger charge is 2.34. The molecule has 0 bridgehead atoms. The van der Waals surface area contributed by atoms with E-state index in [0.717, 1.165) is 0 Å². The lowest BCUT2D eigenvalue weighted by molar-refractivity contribution is -0.129. The molecule has 1 aromatic carbocycles. The van der Waals surface area contributed by atoms with E-state index in [1.165, 1.54) is 0 Å². The third-order valence-corrected chi connectivity index (χ3v) is 3.72. The molecular weight excluding hydrogens is 312 g/mol. The van der Waals surface area contributed by atoms with Crippen molar-refractivity contribution >= 4 is 11.7 Å². The number of nitrogens with zero attached hydrogens (tertiary/aromatic N) is 1. The molecule has 0 aromatic heterocycles. The third kappa shape index (κ3) is 6.83. The number of nitrogens with one attached hydrogen (secondary N) is 1. The molecule has 0 heterocycles. The van der Waals surface area contributed by atoms with Crippen LogP contribution < -0.4 is 5.32 Å². The van der Waals surface area contributed by atoms with Gasteiger partial charge in [0.25, 0.3) is 5.91 Å². The quantitative estimate of drug-likeness (QED) is 0.768. The Morgan fingerprint density at radius 3 is 2.12 bits per heavy atom. The Morgan fingerprint density at radius 2 is 1.68 bits per heavy atom. The zero-order chi connectivity index (χ0) is 19.3. The van der Waals surface area contributed by atoms with Gasteiger partial charge >= 0.3 is 0 Å². The van der Waals surface area contributed by atoms with Crippen LogP contribution >= 0.6 is 0 Å². The van der Waals surface area contributed by atoms with E-state index in [1.54, 1.807) is 23.1 Å². The van der Waals surface area contributed by atoms with E-state index >= 15 is 0 Å². The lowest BCUT2D eigenvalue weighted by Gasteiger charge is -2.35. The Labute approximate surface area is 152 Å². The van der Waals surface area contributed by atoms with Crippen molar-refractivity contribution < 1.29 is 9.59 Å². The highest BCUT2D eigenvalue weighted by molar-refractivity contribution is 5.95. The fourth-order valence-corrected chi connectivity index (χ4v) is 2.62. The Kier molecular flexibility index (Phi) is 7.12. The van der Waals surface area contributed by atoms with Gasteiger partial charge in [-0.2, -0.15) is 0 Å². The molecule has 1 rings (SSSR count). The standard InChI is InChI=1S/C21H32N2O2/c1-8-14-23(19(25)16-12-10-9-11-13-16)15-17(22-21(5,6)7)18(24)20(2,3)4/h8-13,17,22H,1,14-15H2,2-7H3/t17-/m0/s1. The summed E-state index contributed by atoms with van der Waals surface area (Å²) in [5.41, 5.74) is -0.109. The molecule has 0 spiro atoms. The summed E-state index contributed by atoms with van der Waals surface area (Å²) in [4.78, 5) is 27.4. The molecule has 0 radical (unpaired) electrons. The highest BCUT2D eigenvalue weighted by Crippen LogP contribution is 2.19. The Morgan fingerprint density at radius 1 is 1.12 bits per heavy atom. The first-order valence-corrected chi connectivity index (χ1v) is 8.73. The minimum absolute atomic E-state index is 0.0945. The largest absolute Gasteiger partial charge is 0.333 e. The highest BCUT2D eigenvalue weighted by atomic mass is 16.2. The predicted molar refractivity (Wildman–Crippen MR) is 104 cm³/mol. The second-order valence-electron chi connectivity index (χ2n) is 8.43. The molecule has 138 valence electrons. The number of carbonyl (C=O) groups is 2. The predicted octanol–water partition coefficient (Wildman–Crippen LogP) is 3.69. The molecule has 4 heteroatoms. The Hall–Kier alpha value is -1.94. The van der Waals surface area contributed by atoms with Crippen LogP contribution in [0.15, 0.2) is 43.0 Å². The lowest BCUT2D eigenvalue weighted by atomic mass is 9.85. The van der Waals surface area contributed by atoms with Gasteiger partial charge in [-0.3, -0.25) is 9.59 Å². The smallest absolute Gasteiger partial charge is 0.254 e. The first-order valence-electron chi connectivity index (χ1n) is 8.73. The van der Waals surface area contributed by atoms with Gasteiger partial charge in [0.05, 0.1) is 6.04 Å². The summed E-state index contributed by atoms with van der Waals surface area (Å²) in [6.45, 7) is 16.2. The number of carbonyl (C=O) groups excluding carboxylic acids is 2. The molecule has 1 amide bonds. The summed E-state index contributed by atoms with van der Waals surface area (Å²) in [5, 5.41) is 3.38. The van der Waals surface area contributed by atoms with Gasteiger partial charge < -0.3 is 10.2 Å². The van der Waals surface area contributed by atoms with Crippen LogP contribution in [0.3, 0.4) is 0 Å². The first kappa shape index (κ1) is 21.1. The van der Waals surface area contributed by atoms with Crippen molar-refractivity contribution in [1.29, 1.82) is 0 Å². The SMILES string of the molecule is C=CCN(C[C@H](NC(C)(C)C)C(=O)C(C)(C)C)C(=O)c1ccccc1. The number of Topliss-reactive ketones (excluding diaryl/α,β-unsaturated/α-hetero) is 1. The topological polar surface area (TPSA) is 49.4 Å². The summed E-state index contributed by atoms with van der Waals surface area (Å²) in [6, 6.07) is 8.69. The van der Waals surface area contributed by atoms with Crippen LogP contribution in [0, 0.1) is 5.41 Å². The van der Waals surface area contributed by atoms with E-state index in [1.807, 2.05) is 59.7 Å². The molecule has 4 nitrogen and oxygen atoms in total. The number of hydrogen-bond donors (Lipinski definition) is 1. The minimum atomic E-state index is -0.488. The van der Waals surface area contributed by atoms with E-state index in [0.29, 0.717) is 18.7 Å². The number of ketones is 1. The monoisotopic (exact) mass is 344 g/mol. The van der Waals surface area contributed by atoms with Crippen molar-refractivity contribution in [2.24, 2.45) is 5.41 Å². The normalized spacial score (nSPS) is 13.2. The number of benzene rings is 1. The molecule has 1 N–H and O–H groups in total. The van der Waals surface area contributed by atoms with Crippen LogP contribution in [0.2, 0.25) is 0 Å². The number of amides is 1. The van der Waals surface area contributed by atoms with Crippen LogP contribution in [0.25, 0.3) is 0 Å². The second-order valence-corrected chi connectivity index (χ2v) is 8.43. The van der Waals surface area contributed by atoms with Gasteiger partial charge in [-0.1, -0.05) is 45.0 Å². The molecule has 1 atom stereocenters. The van der Waals surface area contributed by atoms with Crippen LogP contribution in [0.1, 0.15) is 51.9 Å². The minimum Gasteiger partial charge on any atom is -0.333 e. The molecule has 0 aliphatic carbocycles. The zero-order valence-electron chi connectivity index (χ0n) is 16.4. The maximum Gasteiger partial charge on any atom is 0.254 e. The van der Waals surface area contributed by atoms with Crippen molar-refractivity contribution in [3.63, 3.8) is 0 Å². The van der Waals surface area contributed by atoms with Gasteiger partial charge in [-0.05, 0) is 32.9 Å². The fraction of sp³-hybridized carbons (Fsp3) is 0.524. The fourth-order valence-electron chi connectivity index (χ4n) is 2.62. The molecule has 0 aliphatic heterocycles. The van der Waals surface area contributed by atoms with E-state index in [9.17, 15) is 9.59 Å². The molecule has 1 aromatic rings. The van der Waals surface area contributed by atoms with E-state index in [2.05, 4.69) is 11.9 Å². The Balaban J connectivity index is 3.09. The maximum atomic E-state index is 12.9. The molecular formula is C21H32N2O2. The van der Waals surface area contributed by atoms with Gasteiger partial charge in [0.1, 0.15) is 0 Å². The zero-order valence-corrected chi connectivity index (χ0v) is 16.4. The molecule has 0 saturated carbocycles. The van der Waals surface area contributed by atoms with E-state index in [4.69, 9.17) is 0 Å². The summed E-state index contributed by atoms with van der Waals surface area (Å²) < 4.78 is 0. The number of rotatable bonds is 7. The van der Waals surface area contributed by atoms with Crippen LogP contribution in [-0.2, 0) is 4.79 Å². The van der Waals surface area contributed by atoms with Crippen molar-refractivity contribution in [1.82, 2.24) is 10.2 Å². The second kappa shape index (κ2) is 8.43. The van der Waals surface area contributed by atoms with Crippen LogP contribution in [0.4, 0.5) is 0 Å². The van der Waals surface area contributed by atoms with Gasteiger partial charge in [0.2, 0.25) is 0 Å². The molecule has 0 unspecified atom stereocenters. The molecule has 0 aliphatic rings. The first-order chi connectivity index (χ1) is 11.5. The average Bonchev–Trinajstić information content (AvgIpc) is 2.51. The summed E-state index contributed by atoms with van der Waals surface area (Å²) in [5.74, 6) is 0.000247. The van der Waals surface area contributed by atoms with Gasteiger partial charge in [-0.15, -0.1) is 6.58 Å². The third-order valence-electron chi connectivity index (χ3n) is 3.72. The molecule has 0 saturated heterocycles. The Bertz CT molecular complexity index is 595. The van der Waals surface area contributed by atoms with Crippen molar-refractivity contribution in [2.45, 2.75) is 53.1 Å². The van der Waals surface area contributed by atoms with Gasteiger partial charge in [0, 0.05) is 29.6 Å². The van der Waals surface area contributed by atoms with E-state index in [-0.39, 0.29) is 17.2 Å². The van der Waals surface area contributed by atoms with Gasteiger partial charge in [-0.25, -0.2) is 0 Å². The molecule has 0 fully saturated rings. The molecule has 25 heavy (non-hydrogen) atoms. The van der Waals surface area contributed by atoms with Crippen molar-refractivity contribution in [2.75, 3.05) is 13.1 Å². The summed E-state index contributed by atoms with van der Waals surface area (Å²) in [6.07, 6.45) is 1.69. The lowest BCUT2D eigenvalue weighted by Crippen LogP contribution is -2.56.